The first-order chi connectivity index (χ1) is 6.60. The summed E-state index contributed by atoms with van der Waals surface area (Å²) in [7, 11) is 0. The van der Waals surface area contributed by atoms with Crippen LogP contribution in [0.4, 0.5) is 8.78 Å². The Morgan fingerprint density at radius 1 is 1.64 bits per heavy atom. The summed E-state index contributed by atoms with van der Waals surface area (Å²) < 4.78 is 24.9. The number of pyridine rings is 1. The summed E-state index contributed by atoms with van der Waals surface area (Å²) in [4.78, 5) is 14.0. The second kappa shape index (κ2) is 4.79. The van der Waals surface area contributed by atoms with Crippen molar-refractivity contribution < 1.29 is 13.6 Å². The number of carbonyl (C=O) groups is 1. The molecule has 0 amide bonds. The van der Waals surface area contributed by atoms with E-state index in [9.17, 15) is 13.6 Å². The highest BCUT2D eigenvalue weighted by atomic mass is 79.9. The van der Waals surface area contributed by atoms with E-state index >= 15 is 0 Å². The lowest BCUT2D eigenvalue weighted by Crippen LogP contribution is -2.00. The number of aromatic nitrogens is 1. The van der Waals surface area contributed by atoms with Crippen molar-refractivity contribution in [1.82, 2.24) is 4.98 Å². The van der Waals surface area contributed by atoms with Gasteiger partial charge in [-0.1, -0.05) is 0 Å². The molecule has 0 saturated heterocycles. The van der Waals surface area contributed by atoms with E-state index in [1.807, 2.05) is 0 Å². The zero-order valence-corrected chi connectivity index (χ0v) is 9.15. The van der Waals surface area contributed by atoms with Gasteiger partial charge in [0.25, 0.3) is 6.43 Å². The normalized spacial score (nSPS) is 10.6. The average molecular weight is 284 g/mol. The van der Waals surface area contributed by atoms with Gasteiger partial charge in [-0.3, -0.25) is 4.79 Å². The predicted octanol–water partition coefficient (Wildman–Crippen LogP) is 3.33. The topological polar surface area (TPSA) is 30.0 Å². The summed E-state index contributed by atoms with van der Waals surface area (Å²) in [5, 5.41) is 0. The second-order valence-corrected chi connectivity index (χ2v) is 3.48. The van der Waals surface area contributed by atoms with Gasteiger partial charge < -0.3 is 0 Å². The van der Waals surface area contributed by atoms with Crippen LogP contribution in [0.3, 0.4) is 0 Å². The summed E-state index contributed by atoms with van der Waals surface area (Å²) in [6.45, 7) is 0. The molecule has 1 heterocycles. The van der Waals surface area contributed by atoms with E-state index in [2.05, 4.69) is 20.9 Å². The first-order valence-corrected chi connectivity index (χ1v) is 4.91. The minimum atomic E-state index is -2.69. The van der Waals surface area contributed by atoms with Crippen molar-refractivity contribution in [2.75, 3.05) is 0 Å². The molecule has 1 rings (SSSR count). The van der Waals surface area contributed by atoms with E-state index in [-0.39, 0.29) is 21.6 Å². The Morgan fingerprint density at radius 2 is 2.29 bits per heavy atom. The van der Waals surface area contributed by atoms with Gasteiger partial charge in [-0.2, -0.15) is 0 Å². The third-order valence-corrected chi connectivity index (χ3v) is 2.52. The largest absolute Gasteiger partial charge is 0.298 e. The Morgan fingerprint density at radius 3 is 2.71 bits per heavy atom. The molecule has 0 unspecified atom stereocenters. The molecule has 0 bridgehead atoms. The molecule has 0 spiro atoms. The van der Waals surface area contributed by atoms with Crippen molar-refractivity contribution in [2.24, 2.45) is 0 Å². The molecule has 0 aromatic carbocycles. The lowest BCUT2D eigenvalue weighted by molar-refractivity contribution is 0.112. The minimum Gasteiger partial charge on any atom is -0.298 e. The fourth-order valence-electron chi connectivity index (χ4n) is 0.942. The second-order valence-electron chi connectivity index (χ2n) is 2.46. The van der Waals surface area contributed by atoms with Gasteiger partial charge in [0, 0.05) is 11.4 Å². The van der Waals surface area contributed by atoms with Crippen molar-refractivity contribution >= 4 is 33.8 Å². The van der Waals surface area contributed by atoms with Crippen LogP contribution in [0.25, 0.3) is 0 Å². The van der Waals surface area contributed by atoms with Crippen LogP contribution in [-0.2, 0) is 5.88 Å². The zero-order valence-electron chi connectivity index (χ0n) is 6.81. The van der Waals surface area contributed by atoms with Crippen LogP contribution in [0.2, 0.25) is 0 Å². The van der Waals surface area contributed by atoms with Gasteiger partial charge in [0.1, 0.15) is 10.3 Å². The first kappa shape index (κ1) is 11.5. The molecule has 0 aliphatic carbocycles. The maximum Gasteiger partial charge on any atom is 0.280 e. The summed E-state index contributed by atoms with van der Waals surface area (Å²) in [5.74, 6) is -0.0964. The van der Waals surface area contributed by atoms with Crippen molar-refractivity contribution in [3.8, 4) is 0 Å². The molecule has 1 aromatic rings. The van der Waals surface area contributed by atoms with E-state index in [0.717, 1.165) is 0 Å². The van der Waals surface area contributed by atoms with Gasteiger partial charge in [-0.25, -0.2) is 13.8 Å². The molecule has 0 aliphatic rings. The third-order valence-electron chi connectivity index (χ3n) is 1.59. The molecule has 76 valence electrons. The van der Waals surface area contributed by atoms with Crippen molar-refractivity contribution in [3.05, 3.63) is 27.5 Å². The van der Waals surface area contributed by atoms with Crippen LogP contribution < -0.4 is 0 Å². The van der Waals surface area contributed by atoms with Crippen molar-refractivity contribution in [1.29, 1.82) is 0 Å². The highest BCUT2D eigenvalue weighted by molar-refractivity contribution is 9.10. The van der Waals surface area contributed by atoms with E-state index < -0.39 is 12.1 Å². The number of aldehydes is 1. The van der Waals surface area contributed by atoms with Gasteiger partial charge >= 0.3 is 0 Å². The Balaban J connectivity index is 3.31. The standard InChI is InChI=1S/C8H5BrClF2NO/c9-7-5(3-14)1-4(2-10)6(13-7)8(11)12/h1,3,8H,2H2. The molecular weight excluding hydrogens is 279 g/mol. The quantitative estimate of drug-likeness (QED) is 0.484. The minimum absolute atomic E-state index is 0.0964. The van der Waals surface area contributed by atoms with E-state index in [1.54, 1.807) is 0 Å². The van der Waals surface area contributed by atoms with Gasteiger partial charge in [0.15, 0.2) is 6.29 Å². The fourth-order valence-corrected chi connectivity index (χ4v) is 1.55. The number of hydrogen-bond acceptors (Lipinski definition) is 2. The number of rotatable bonds is 3. The van der Waals surface area contributed by atoms with Crippen molar-refractivity contribution in [3.63, 3.8) is 0 Å². The summed E-state index contributed by atoms with van der Waals surface area (Å²) in [6.07, 6.45) is -2.16. The van der Waals surface area contributed by atoms with E-state index in [0.29, 0.717) is 6.29 Å². The maximum atomic E-state index is 12.4. The molecule has 0 N–H and O–H groups in total. The summed E-state index contributed by atoms with van der Waals surface area (Å²) in [6, 6.07) is 1.30. The average Bonchev–Trinajstić information content (AvgIpc) is 2.17. The van der Waals surface area contributed by atoms with E-state index in [4.69, 9.17) is 11.6 Å². The van der Waals surface area contributed by atoms with Gasteiger partial charge in [0.05, 0.1) is 0 Å². The SMILES string of the molecule is O=Cc1cc(CCl)c(C(F)F)nc1Br. The third kappa shape index (κ3) is 2.27. The monoisotopic (exact) mass is 283 g/mol. The Labute approximate surface area is 92.4 Å². The first-order valence-electron chi connectivity index (χ1n) is 3.58. The highest BCUT2D eigenvalue weighted by Crippen LogP contribution is 2.26. The molecule has 0 radical (unpaired) electrons. The zero-order chi connectivity index (χ0) is 10.7. The predicted molar refractivity (Wildman–Crippen MR) is 51.8 cm³/mol. The summed E-state index contributed by atoms with van der Waals surface area (Å²) >= 11 is 8.37. The number of carbonyl (C=O) groups excluding carboxylic acids is 1. The van der Waals surface area contributed by atoms with Crippen LogP contribution in [0.1, 0.15) is 28.0 Å². The lowest BCUT2D eigenvalue weighted by atomic mass is 10.1. The summed E-state index contributed by atoms with van der Waals surface area (Å²) in [5.41, 5.74) is -0.00510. The van der Waals surface area contributed by atoms with Crippen LogP contribution in [0.5, 0.6) is 0 Å². The van der Waals surface area contributed by atoms with Gasteiger partial charge in [-0.05, 0) is 27.6 Å². The number of alkyl halides is 3. The molecule has 0 saturated carbocycles. The van der Waals surface area contributed by atoms with Gasteiger partial charge in [-0.15, -0.1) is 11.6 Å². The molecule has 6 heteroatoms. The number of nitrogens with zero attached hydrogens (tertiary/aromatic N) is 1. The Bertz CT molecular complexity index is 359. The molecule has 0 fully saturated rings. The molecule has 2 nitrogen and oxygen atoms in total. The van der Waals surface area contributed by atoms with Crippen molar-refractivity contribution in [2.45, 2.75) is 12.3 Å². The highest BCUT2D eigenvalue weighted by Gasteiger charge is 2.16. The molecule has 1 aromatic heterocycles. The molecule has 0 aliphatic heterocycles. The molecular formula is C8H5BrClF2NO. The molecule has 14 heavy (non-hydrogen) atoms. The van der Waals surface area contributed by atoms with E-state index in [1.165, 1.54) is 6.07 Å². The Hall–Kier alpha value is -0.550. The van der Waals surface area contributed by atoms with Crippen LogP contribution in [0, 0.1) is 0 Å². The smallest absolute Gasteiger partial charge is 0.280 e. The van der Waals surface area contributed by atoms with Crippen LogP contribution in [-0.4, -0.2) is 11.3 Å². The van der Waals surface area contributed by atoms with Crippen LogP contribution >= 0.6 is 27.5 Å². The fraction of sp³-hybridized carbons (Fsp3) is 0.250. The van der Waals surface area contributed by atoms with Crippen LogP contribution in [0.15, 0.2) is 10.7 Å². The van der Waals surface area contributed by atoms with Gasteiger partial charge in [0.2, 0.25) is 0 Å². The Kier molecular flexibility index (Phi) is 3.95. The number of halogens is 4. The lowest BCUT2D eigenvalue weighted by Gasteiger charge is -2.07. The number of hydrogen-bond donors (Lipinski definition) is 0. The maximum absolute atomic E-state index is 12.4. The molecule has 0 atom stereocenters.